The van der Waals surface area contributed by atoms with E-state index in [2.05, 4.69) is 0 Å². The van der Waals surface area contributed by atoms with Crippen LogP contribution >= 0.6 is 22.9 Å². The van der Waals surface area contributed by atoms with Gasteiger partial charge in [0.1, 0.15) is 5.75 Å². The van der Waals surface area contributed by atoms with Gasteiger partial charge in [0.15, 0.2) is 0 Å². The number of benzene rings is 1. The third-order valence-electron chi connectivity index (χ3n) is 2.57. The van der Waals surface area contributed by atoms with Crippen molar-refractivity contribution in [2.75, 3.05) is 7.11 Å². The fraction of sp³-hybridized carbons (Fsp3) is 0.231. The first kappa shape index (κ1) is 12.4. The average molecular weight is 268 g/mol. The molecule has 0 amide bonds. The van der Waals surface area contributed by atoms with Crippen LogP contribution in [0.5, 0.6) is 5.75 Å². The van der Waals surface area contributed by atoms with Crippen molar-refractivity contribution in [3.05, 3.63) is 51.2 Å². The van der Waals surface area contributed by atoms with E-state index in [1.165, 1.54) is 5.56 Å². The molecule has 1 unspecified atom stereocenters. The van der Waals surface area contributed by atoms with Crippen LogP contribution in [0.1, 0.15) is 16.5 Å². The van der Waals surface area contributed by atoms with Gasteiger partial charge in [-0.1, -0.05) is 23.7 Å². The number of nitrogens with two attached hydrogens (primary N) is 1. The van der Waals surface area contributed by atoms with Gasteiger partial charge in [-0.3, -0.25) is 0 Å². The first-order chi connectivity index (χ1) is 8.19. The van der Waals surface area contributed by atoms with Crippen LogP contribution in [0.3, 0.4) is 0 Å². The summed E-state index contributed by atoms with van der Waals surface area (Å²) in [6, 6.07) is 9.79. The van der Waals surface area contributed by atoms with E-state index < -0.39 is 0 Å². The van der Waals surface area contributed by atoms with Gasteiger partial charge >= 0.3 is 0 Å². The van der Waals surface area contributed by atoms with E-state index in [1.807, 2.05) is 35.7 Å². The molecule has 0 spiro atoms. The van der Waals surface area contributed by atoms with Gasteiger partial charge in [0.2, 0.25) is 0 Å². The van der Waals surface area contributed by atoms with Gasteiger partial charge in [0.05, 0.1) is 7.11 Å². The predicted octanol–water partition coefficient (Wildman–Crippen LogP) is 3.65. The smallest absolute Gasteiger partial charge is 0.129 e. The second-order valence-corrected chi connectivity index (χ2v) is 5.21. The molecule has 0 bridgehead atoms. The number of hydrogen-bond donors (Lipinski definition) is 1. The Morgan fingerprint density at radius 1 is 1.35 bits per heavy atom. The van der Waals surface area contributed by atoms with Crippen molar-refractivity contribution in [3.8, 4) is 5.75 Å². The monoisotopic (exact) mass is 267 g/mol. The number of ether oxygens (including phenoxy) is 1. The summed E-state index contributed by atoms with van der Waals surface area (Å²) in [5, 5.41) is 2.72. The highest BCUT2D eigenvalue weighted by molar-refractivity contribution is 7.10. The van der Waals surface area contributed by atoms with E-state index >= 15 is 0 Å². The minimum Gasteiger partial charge on any atom is -0.496 e. The van der Waals surface area contributed by atoms with Gasteiger partial charge in [-0.05, 0) is 30.2 Å². The van der Waals surface area contributed by atoms with Crippen molar-refractivity contribution in [2.24, 2.45) is 5.73 Å². The third-order valence-corrected chi connectivity index (χ3v) is 3.86. The van der Waals surface area contributed by atoms with E-state index in [0.717, 1.165) is 22.1 Å². The Kier molecular flexibility index (Phi) is 4.05. The summed E-state index contributed by atoms with van der Waals surface area (Å²) in [5.74, 6) is 0.872. The highest BCUT2D eigenvalue weighted by atomic mass is 35.5. The van der Waals surface area contributed by atoms with E-state index in [1.54, 1.807) is 18.4 Å². The lowest BCUT2D eigenvalue weighted by atomic mass is 10.1. The van der Waals surface area contributed by atoms with E-state index in [4.69, 9.17) is 22.1 Å². The molecule has 1 aromatic heterocycles. The lowest BCUT2D eigenvalue weighted by Crippen LogP contribution is -2.11. The summed E-state index contributed by atoms with van der Waals surface area (Å²) in [7, 11) is 1.66. The Morgan fingerprint density at radius 2 is 2.06 bits per heavy atom. The van der Waals surface area contributed by atoms with E-state index in [0.29, 0.717) is 0 Å². The van der Waals surface area contributed by atoms with Crippen LogP contribution in [0.15, 0.2) is 35.7 Å². The van der Waals surface area contributed by atoms with Crippen LogP contribution in [0.2, 0.25) is 5.02 Å². The Balaban J connectivity index is 2.05. The molecule has 90 valence electrons. The number of hydrogen-bond acceptors (Lipinski definition) is 3. The molecule has 2 aromatic rings. The molecule has 0 saturated carbocycles. The molecule has 0 aliphatic heterocycles. The van der Waals surface area contributed by atoms with Crippen LogP contribution in [-0.2, 0) is 6.42 Å². The van der Waals surface area contributed by atoms with Crippen LogP contribution in [0, 0.1) is 0 Å². The highest BCUT2D eigenvalue weighted by Gasteiger charge is 2.10. The standard InChI is InChI=1S/C13H14ClNOS/c1-16-11-7-13(17-8-11)12(15)6-9-2-4-10(14)5-3-9/h2-5,7-8,12H,6,15H2,1H3. The number of methoxy groups -OCH3 is 1. The lowest BCUT2D eigenvalue weighted by molar-refractivity contribution is 0.416. The molecule has 1 heterocycles. The van der Waals surface area contributed by atoms with Gasteiger partial charge in [0.25, 0.3) is 0 Å². The summed E-state index contributed by atoms with van der Waals surface area (Å²) >= 11 is 7.47. The quantitative estimate of drug-likeness (QED) is 0.918. The molecule has 0 radical (unpaired) electrons. The summed E-state index contributed by atoms with van der Waals surface area (Å²) < 4.78 is 5.15. The van der Waals surface area contributed by atoms with Crippen molar-refractivity contribution in [3.63, 3.8) is 0 Å². The minimum atomic E-state index is 0.00470. The van der Waals surface area contributed by atoms with Crippen molar-refractivity contribution in [2.45, 2.75) is 12.5 Å². The molecular weight excluding hydrogens is 254 g/mol. The van der Waals surface area contributed by atoms with Crippen molar-refractivity contribution in [1.29, 1.82) is 0 Å². The maximum absolute atomic E-state index is 6.15. The summed E-state index contributed by atoms with van der Waals surface area (Å²) in [6.45, 7) is 0. The second-order valence-electron chi connectivity index (χ2n) is 3.83. The topological polar surface area (TPSA) is 35.2 Å². The molecule has 0 aliphatic rings. The van der Waals surface area contributed by atoms with Gasteiger partial charge in [0, 0.05) is 21.3 Å². The average Bonchev–Trinajstić information content (AvgIpc) is 2.81. The number of rotatable bonds is 4. The van der Waals surface area contributed by atoms with Crippen LogP contribution in [0.25, 0.3) is 0 Å². The molecular formula is C13H14ClNOS. The molecule has 0 fully saturated rings. The van der Waals surface area contributed by atoms with Gasteiger partial charge in [-0.25, -0.2) is 0 Å². The summed E-state index contributed by atoms with van der Waals surface area (Å²) in [5.41, 5.74) is 7.34. The lowest BCUT2D eigenvalue weighted by Gasteiger charge is -2.09. The number of halogens is 1. The molecule has 17 heavy (non-hydrogen) atoms. The van der Waals surface area contributed by atoms with Crippen molar-refractivity contribution in [1.82, 2.24) is 0 Å². The predicted molar refractivity (Wildman–Crippen MR) is 73.0 cm³/mol. The van der Waals surface area contributed by atoms with Crippen molar-refractivity contribution < 1.29 is 4.74 Å². The molecule has 2 rings (SSSR count). The minimum absolute atomic E-state index is 0.00470. The molecule has 4 heteroatoms. The first-order valence-electron chi connectivity index (χ1n) is 5.31. The first-order valence-corrected chi connectivity index (χ1v) is 6.57. The fourth-order valence-electron chi connectivity index (χ4n) is 1.61. The summed E-state index contributed by atoms with van der Waals surface area (Å²) in [4.78, 5) is 1.14. The van der Waals surface area contributed by atoms with Gasteiger partial charge in [-0.2, -0.15) is 0 Å². The highest BCUT2D eigenvalue weighted by Crippen LogP contribution is 2.27. The molecule has 0 aliphatic carbocycles. The molecule has 2 nitrogen and oxygen atoms in total. The zero-order valence-corrected chi connectivity index (χ0v) is 11.1. The van der Waals surface area contributed by atoms with E-state index in [-0.39, 0.29) is 6.04 Å². The maximum Gasteiger partial charge on any atom is 0.129 e. The Bertz CT molecular complexity index is 480. The van der Waals surface area contributed by atoms with Crippen molar-refractivity contribution >= 4 is 22.9 Å². The van der Waals surface area contributed by atoms with Gasteiger partial charge in [-0.15, -0.1) is 11.3 Å². The Morgan fingerprint density at radius 3 is 2.65 bits per heavy atom. The normalized spacial score (nSPS) is 12.4. The SMILES string of the molecule is COc1csc(C(N)Cc2ccc(Cl)cc2)c1. The largest absolute Gasteiger partial charge is 0.496 e. The zero-order chi connectivity index (χ0) is 12.3. The van der Waals surface area contributed by atoms with Crippen LogP contribution < -0.4 is 10.5 Å². The van der Waals surface area contributed by atoms with E-state index in [9.17, 15) is 0 Å². The number of thiophene rings is 1. The molecule has 1 atom stereocenters. The Hall–Kier alpha value is -1.03. The Labute approximate surface area is 110 Å². The summed E-state index contributed by atoms with van der Waals surface area (Å²) in [6.07, 6.45) is 0.806. The van der Waals surface area contributed by atoms with Gasteiger partial charge < -0.3 is 10.5 Å². The fourth-order valence-corrected chi connectivity index (χ4v) is 2.60. The maximum atomic E-state index is 6.15. The zero-order valence-electron chi connectivity index (χ0n) is 9.52. The van der Waals surface area contributed by atoms with Crippen LogP contribution in [0.4, 0.5) is 0 Å². The second kappa shape index (κ2) is 5.54. The molecule has 2 N–H and O–H groups in total. The third kappa shape index (κ3) is 3.22. The van der Waals surface area contributed by atoms with Crippen LogP contribution in [-0.4, -0.2) is 7.11 Å². The molecule has 1 aromatic carbocycles. The molecule has 0 saturated heterocycles.